The molecule has 80 valence electrons. The Hall–Kier alpha value is -1.33. The van der Waals surface area contributed by atoms with Gasteiger partial charge in [0.15, 0.2) is 0 Å². The standard InChI is InChI=1S/C9H9ClN2O3/c10-8-2-1-6(3-9(8)12(13)14)11-7-4-15-5-7/h1-3,7,11H,4-5H2. The zero-order valence-corrected chi connectivity index (χ0v) is 8.53. The number of rotatable bonds is 3. The average Bonchev–Trinajstić information content (AvgIpc) is 2.13. The molecule has 0 saturated carbocycles. The summed E-state index contributed by atoms with van der Waals surface area (Å²) in [5, 5.41) is 13.9. The molecule has 1 aliphatic heterocycles. The van der Waals surface area contributed by atoms with Crippen LogP contribution in [-0.2, 0) is 4.74 Å². The number of halogens is 1. The summed E-state index contributed by atoms with van der Waals surface area (Å²) in [6.45, 7) is 1.27. The Labute approximate surface area is 91.1 Å². The molecule has 0 aliphatic carbocycles. The first-order chi connectivity index (χ1) is 7.16. The molecule has 1 N–H and O–H groups in total. The van der Waals surface area contributed by atoms with Crippen molar-refractivity contribution in [3.63, 3.8) is 0 Å². The molecule has 0 atom stereocenters. The number of hydrogen-bond acceptors (Lipinski definition) is 4. The lowest BCUT2D eigenvalue weighted by Gasteiger charge is -2.27. The maximum absolute atomic E-state index is 10.6. The van der Waals surface area contributed by atoms with Crippen molar-refractivity contribution < 1.29 is 9.66 Å². The van der Waals surface area contributed by atoms with Crippen molar-refractivity contribution in [2.24, 2.45) is 0 Å². The highest BCUT2D eigenvalue weighted by atomic mass is 35.5. The van der Waals surface area contributed by atoms with Crippen LogP contribution in [0.1, 0.15) is 0 Å². The summed E-state index contributed by atoms with van der Waals surface area (Å²) in [6.07, 6.45) is 0. The van der Waals surface area contributed by atoms with Crippen LogP contribution in [0.25, 0.3) is 0 Å². The van der Waals surface area contributed by atoms with Gasteiger partial charge in [0.1, 0.15) is 5.02 Å². The van der Waals surface area contributed by atoms with E-state index in [2.05, 4.69) is 5.32 Å². The molecular formula is C9H9ClN2O3. The van der Waals surface area contributed by atoms with Crippen LogP contribution in [-0.4, -0.2) is 24.2 Å². The van der Waals surface area contributed by atoms with E-state index in [0.29, 0.717) is 18.9 Å². The van der Waals surface area contributed by atoms with Gasteiger partial charge in [-0.15, -0.1) is 0 Å². The van der Waals surface area contributed by atoms with Crippen LogP contribution in [0.2, 0.25) is 5.02 Å². The van der Waals surface area contributed by atoms with Crippen LogP contribution >= 0.6 is 11.6 Å². The minimum absolute atomic E-state index is 0.0816. The first-order valence-corrected chi connectivity index (χ1v) is 4.83. The molecule has 1 aromatic carbocycles. The van der Waals surface area contributed by atoms with Crippen molar-refractivity contribution in [1.82, 2.24) is 0 Å². The van der Waals surface area contributed by atoms with Gasteiger partial charge in [-0.1, -0.05) is 11.6 Å². The molecule has 1 heterocycles. The highest BCUT2D eigenvalue weighted by molar-refractivity contribution is 6.32. The van der Waals surface area contributed by atoms with E-state index >= 15 is 0 Å². The second-order valence-corrected chi connectivity index (χ2v) is 3.71. The molecule has 2 rings (SSSR count). The van der Waals surface area contributed by atoms with E-state index in [9.17, 15) is 10.1 Å². The smallest absolute Gasteiger partial charge is 0.289 e. The van der Waals surface area contributed by atoms with Crippen molar-refractivity contribution >= 4 is 23.0 Å². The Balaban J connectivity index is 2.17. The molecule has 0 radical (unpaired) electrons. The van der Waals surface area contributed by atoms with Crippen LogP contribution in [0.15, 0.2) is 18.2 Å². The molecule has 5 nitrogen and oxygen atoms in total. The van der Waals surface area contributed by atoms with E-state index in [1.165, 1.54) is 12.1 Å². The molecule has 1 fully saturated rings. The largest absolute Gasteiger partial charge is 0.377 e. The second-order valence-electron chi connectivity index (χ2n) is 3.30. The first kappa shape index (κ1) is 10.2. The SMILES string of the molecule is O=[N+]([O-])c1cc(NC2COC2)ccc1Cl. The number of nitrogens with zero attached hydrogens (tertiary/aromatic N) is 1. The van der Waals surface area contributed by atoms with Gasteiger partial charge in [-0.2, -0.15) is 0 Å². The number of ether oxygens (including phenoxy) is 1. The molecule has 0 unspecified atom stereocenters. The predicted octanol–water partition coefficient (Wildman–Crippen LogP) is 2.06. The first-order valence-electron chi connectivity index (χ1n) is 4.45. The second kappa shape index (κ2) is 4.04. The molecule has 0 bridgehead atoms. The van der Waals surface area contributed by atoms with E-state index < -0.39 is 4.92 Å². The van der Waals surface area contributed by atoms with Gasteiger partial charge in [0.25, 0.3) is 5.69 Å². The van der Waals surface area contributed by atoms with E-state index in [0.717, 1.165) is 0 Å². The van der Waals surface area contributed by atoms with Crippen molar-refractivity contribution in [3.05, 3.63) is 33.3 Å². The van der Waals surface area contributed by atoms with Gasteiger partial charge in [-0.25, -0.2) is 0 Å². The molecule has 1 aliphatic rings. The van der Waals surface area contributed by atoms with Gasteiger partial charge in [-0.3, -0.25) is 10.1 Å². The quantitative estimate of drug-likeness (QED) is 0.635. The predicted molar refractivity (Wildman–Crippen MR) is 56.3 cm³/mol. The fourth-order valence-corrected chi connectivity index (χ4v) is 1.48. The van der Waals surface area contributed by atoms with Crippen molar-refractivity contribution in [1.29, 1.82) is 0 Å². The van der Waals surface area contributed by atoms with E-state index in [4.69, 9.17) is 16.3 Å². The monoisotopic (exact) mass is 228 g/mol. The van der Waals surface area contributed by atoms with Gasteiger partial charge in [0.05, 0.1) is 24.2 Å². The number of hydrogen-bond donors (Lipinski definition) is 1. The Morgan fingerprint density at radius 1 is 1.53 bits per heavy atom. The van der Waals surface area contributed by atoms with Crippen LogP contribution in [0.4, 0.5) is 11.4 Å². The minimum Gasteiger partial charge on any atom is -0.377 e. The Bertz CT molecular complexity index is 393. The summed E-state index contributed by atoms with van der Waals surface area (Å²) in [6, 6.07) is 4.90. The maximum Gasteiger partial charge on any atom is 0.289 e. The highest BCUT2D eigenvalue weighted by Gasteiger charge is 2.19. The Kier molecular flexibility index (Phi) is 2.75. The van der Waals surface area contributed by atoms with E-state index in [1.807, 2.05) is 0 Å². The zero-order chi connectivity index (χ0) is 10.8. The molecule has 1 aromatic rings. The number of benzene rings is 1. The lowest BCUT2D eigenvalue weighted by molar-refractivity contribution is -0.384. The molecule has 0 aromatic heterocycles. The average molecular weight is 229 g/mol. The third-order valence-corrected chi connectivity index (χ3v) is 2.47. The van der Waals surface area contributed by atoms with Crippen LogP contribution in [0.5, 0.6) is 0 Å². The minimum atomic E-state index is -0.495. The molecule has 6 heteroatoms. The summed E-state index contributed by atoms with van der Waals surface area (Å²) in [7, 11) is 0. The van der Waals surface area contributed by atoms with Gasteiger partial charge in [-0.05, 0) is 12.1 Å². The van der Waals surface area contributed by atoms with Gasteiger partial charge < -0.3 is 10.1 Å². The fraction of sp³-hybridized carbons (Fsp3) is 0.333. The van der Waals surface area contributed by atoms with E-state index in [1.54, 1.807) is 6.07 Å². The van der Waals surface area contributed by atoms with Crippen molar-refractivity contribution in [2.75, 3.05) is 18.5 Å². The summed E-state index contributed by atoms with van der Waals surface area (Å²) in [5.74, 6) is 0. The number of anilines is 1. The summed E-state index contributed by atoms with van der Waals surface area (Å²) in [5.41, 5.74) is 0.612. The number of nitrogens with one attached hydrogen (secondary N) is 1. The Morgan fingerprint density at radius 3 is 2.80 bits per heavy atom. The van der Waals surface area contributed by atoms with E-state index in [-0.39, 0.29) is 16.8 Å². The topological polar surface area (TPSA) is 64.4 Å². The maximum atomic E-state index is 10.6. The third-order valence-electron chi connectivity index (χ3n) is 2.15. The van der Waals surface area contributed by atoms with Crippen molar-refractivity contribution in [3.8, 4) is 0 Å². The van der Waals surface area contributed by atoms with Gasteiger partial charge in [0, 0.05) is 11.8 Å². The van der Waals surface area contributed by atoms with Gasteiger partial charge in [0.2, 0.25) is 0 Å². The Morgan fingerprint density at radius 2 is 2.27 bits per heavy atom. The molecular weight excluding hydrogens is 220 g/mol. The van der Waals surface area contributed by atoms with Crippen LogP contribution in [0.3, 0.4) is 0 Å². The van der Waals surface area contributed by atoms with Crippen molar-refractivity contribution in [2.45, 2.75) is 6.04 Å². The lowest BCUT2D eigenvalue weighted by atomic mass is 10.2. The molecule has 1 saturated heterocycles. The third kappa shape index (κ3) is 2.19. The normalized spacial score (nSPS) is 15.8. The van der Waals surface area contributed by atoms with Crippen LogP contribution in [0, 0.1) is 10.1 Å². The zero-order valence-electron chi connectivity index (χ0n) is 7.77. The number of nitro benzene ring substituents is 1. The molecule has 15 heavy (non-hydrogen) atoms. The summed E-state index contributed by atoms with van der Waals surface area (Å²) >= 11 is 5.68. The fourth-order valence-electron chi connectivity index (χ4n) is 1.30. The van der Waals surface area contributed by atoms with Gasteiger partial charge >= 0.3 is 0 Å². The molecule has 0 amide bonds. The summed E-state index contributed by atoms with van der Waals surface area (Å²) in [4.78, 5) is 10.1. The van der Waals surface area contributed by atoms with Crippen LogP contribution < -0.4 is 5.32 Å². The highest BCUT2D eigenvalue weighted by Crippen LogP contribution is 2.28. The summed E-state index contributed by atoms with van der Waals surface area (Å²) < 4.78 is 4.99. The number of nitro groups is 1. The lowest BCUT2D eigenvalue weighted by Crippen LogP contribution is -2.40. The molecule has 0 spiro atoms.